The van der Waals surface area contributed by atoms with Crippen LogP contribution in [0.1, 0.15) is 40.0 Å². The summed E-state index contributed by atoms with van der Waals surface area (Å²) in [6.07, 6.45) is 8.50. The van der Waals surface area contributed by atoms with Gasteiger partial charge in [-0.1, -0.05) is 13.8 Å². The van der Waals surface area contributed by atoms with Crippen LogP contribution >= 0.6 is 0 Å². The van der Waals surface area contributed by atoms with E-state index in [9.17, 15) is 0 Å². The molecule has 0 fully saturated rings. The lowest BCUT2D eigenvalue weighted by molar-refractivity contribution is 0.227. The van der Waals surface area contributed by atoms with E-state index in [0.29, 0.717) is 6.04 Å². The molecule has 0 aliphatic carbocycles. The maximum atomic E-state index is 5.20. The van der Waals surface area contributed by atoms with Gasteiger partial charge in [0.15, 0.2) is 0 Å². The minimum atomic E-state index is 0.678. The Kier molecular flexibility index (Phi) is 6.72. The number of nitrogens with zero attached hydrogens (tertiary/aromatic N) is 1. The van der Waals surface area contributed by atoms with Gasteiger partial charge >= 0.3 is 0 Å². The summed E-state index contributed by atoms with van der Waals surface area (Å²) in [5.41, 5.74) is 0. The van der Waals surface area contributed by atoms with E-state index in [2.05, 4.69) is 38.6 Å². The van der Waals surface area contributed by atoms with Crippen LogP contribution in [0.3, 0.4) is 0 Å². The zero-order valence-corrected chi connectivity index (χ0v) is 9.51. The maximum Gasteiger partial charge on any atom is 0.00982 e. The smallest absolute Gasteiger partial charge is 0.00982 e. The van der Waals surface area contributed by atoms with Crippen LogP contribution in [-0.2, 0) is 0 Å². The van der Waals surface area contributed by atoms with Crippen LogP contribution in [0.15, 0.2) is 0 Å². The molecule has 0 saturated heterocycles. The largest absolute Gasteiger partial charge is 0.304 e. The van der Waals surface area contributed by atoms with E-state index in [1.54, 1.807) is 0 Å². The second-order valence-corrected chi connectivity index (χ2v) is 4.27. The van der Waals surface area contributed by atoms with E-state index < -0.39 is 0 Å². The Morgan fingerprint density at radius 2 is 1.92 bits per heavy atom. The zero-order chi connectivity index (χ0) is 10.3. The van der Waals surface area contributed by atoms with E-state index in [1.165, 1.54) is 6.42 Å². The predicted molar refractivity (Wildman–Crippen MR) is 59.6 cm³/mol. The summed E-state index contributed by atoms with van der Waals surface area (Å²) in [5, 5.41) is 0. The third-order valence-electron chi connectivity index (χ3n) is 2.40. The third-order valence-corrected chi connectivity index (χ3v) is 2.40. The van der Waals surface area contributed by atoms with Crippen LogP contribution in [0.4, 0.5) is 0 Å². The fourth-order valence-electron chi connectivity index (χ4n) is 1.51. The molecule has 1 nitrogen and oxygen atoms in total. The molecule has 0 amide bonds. The summed E-state index contributed by atoms with van der Waals surface area (Å²) >= 11 is 0. The topological polar surface area (TPSA) is 3.24 Å². The molecule has 0 aromatic carbocycles. The third kappa shape index (κ3) is 6.66. The van der Waals surface area contributed by atoms with Gasteiger partial charge < -0.3 is 4.90 Å². The van der Waals surface area contributed by atoms with E-state index in [1.807, 2.05) is 0 Å². The molecule has 0 radical (unpaired) electrons. The van der Waals surface area contributed by atoms with Crippen molar-refractivity contribution in [3.8, 4) is 12.3 Å². The molecule has 0 N–H and O–H groups in total. The second kappa shape index (κ2) is 6.97. The molecular weight excluding hydrogens is 158 g/mol. The first-order valence-corrected chi connectivity index (χ1v) is 5.21. The Morgan fingerprint density at radius 3 is 2.38 bits per heavy atom. The second-order valence-electron chi connectivity index (χ2n) is 4.27. The molecule has 1 unspecified atom stereocenters. The normalized spacial score (nSPS) is 13.3. The molecule has 0 aromatic rings. The van der Waals surface area contributed by atoms with E-state index in [0.717, 1.165) is 25.3 Å². The molecule has 0 rings (SSSR count). The standard InChI is InChI=1S/C12H23N/c1-6-7-8-9-13(5)12(4)10-11(2)3/h1,11-12H,7-10H2,2-5H3. The maximum absolute atomic E-state index is 5.20. The van der Waals surface area contributed by atoms with Crippen LogP contribution in [-0.4, -0.2) is 24.5 Å². The molecule has 1 atom stereocenters. The molecule has 1 heteroatoms. The first kappa shape index (κ1) is 12.5. The van der Waals surface area contributed by atoms with Gasteiger partial charge in [-0.3, -0.25) is 0 Å². The van der Waals surface area contributed by atoms with Gasteiger partial charge in [-0.25, -0.2) is 0 Å². The Labute approximate surface area is 83.5 Å². The van der Waals surface area contributed by atoms with Gasteiger partial charge in [-0.15, -0.1) is 12.3 Å². The SMILES string of the molecule is C#CCCCN(C)C(C)CC(C)C. The minimum absolute atomic E-state index is 0.678. The van der Waals surface area contributed by atoms with Crippen molar-refractivity contribution < 1.29 is 0 Å². The summed E-state index contributed by atoms with van der Waals surface area (Å²) in [7, 11) is 2.18. The summed E-state index contributed by atoms with van der Waals surface area (Å²) in [6.45, 7) is 7.95. The van der Waals surface area contributed by atoms with Gasteiger partial charge in [0.05, 0.1) is 0 Å². The lowest BCUT2D eigenvalue weighted by Crippen LogP contribution is -2.31. The molecular formula is C12H23N. The predicted octanol–water partition coefficient (Wildman–Crippen LogP) is 2.77. The van der Waals surface area contributed by atoms with Crippen LogP contribution < -0.4 is 0 Å². The highest BCUT2D eigenvalue weighted by Crippen LogP contribution is 2.09. The van der Waals surface area contributed by atoms with Crippen molar-refractivity contribution in [3.05, 3.63) is 0 Å². The summed E-state index contributed by atoms with van der Waals surface area (Å²) in [5.74, 6) is 3.46. The van der Waals surface area contributed by atoms with E-state index >= 15 is 0 Å². The van der Waals surface area contributed by atoms with Gasteiger partial charge in [-0.05, 0) is 39.3 Å². The fourth-order valence-corrected chi connectivity index (χ4v) is 1.51. The zero-order valence-electron chi connectivity index (χ0n) is 9.51. The van der Waals surface area contributed by atoms with Crippen LogP contribution in [0.25, 0.3) is 0 Å². The molecule has 0 bridgehead atoms. The molecule has 13 heavy (non-hydrogen) atoms. The molecule has 0 aromatic heterocycles. The van der Waals surface area contributed by atoms with Crippen molar-refractivity contribution in [2.24, 2.45) is 5.92 Å². The van der Waals surface area contributed by atoms with Crippen LogP contribution in [0.2, 0.25) is 0 Å². The van der Waals surface area contributed by atoms with Gasteiger partial charge in [0.2, 0.25) is 0 Å². The van der Waals surface area contributed by atoms with Gasteiger partial charge in [0.25, 0.3) is 0 Å². The molecule has 0 heterocycles. The summed E-state index contributed by atoms with van der Waals surface area (Å²) in [6, 6.07) is 0.678. The Bertz CT molecular complexity index is 155. The average molecular weight is 181 g/mol. The quantitative estimate of drug-likeness (QED) is 0.450. The highest BCUT2D eigenvalue weighted by Gasteiger charge is 2.09. The minimum Gasteiger partial charge on any atom is -0.304 e. The first-order valence-electron chi connectivity index (χ1n) is 5.21. The molecule has 0 spiro atoms. The first-order chi connectivity index (χ1) is 6.07. The van der Waals surface area contributed by atoms with Crippen LogP contribution in [0, 0.1) is 18.3 Å². The number of terminal acetylenes is 1. The Balaban J connectivity index is 3.57. The van der Waals surface area contributed by atoms with Crippen molar-refractivity contribution >= 4 is 0 Å². The highest BCUT2D eigenvalue weighted by molar-refractivity contribution is 4.83. The van der Waals surface area contributed by atoms with E-state index in [-0.39, 0.29) is 0 Å². The number of hydrogen-bond acceptors (Lipinski definition) is 1. The van der Waals surface area contributed by atoms with Crippen molar-refractivity contribution in [3.63, 3.8) is 0 Å². The Hall–Kier alpha value is -0.480. The summed E-state index contributed by atoms with van der Waals surface area (Å²) in [4.78, 5) is 2.40. The van der Waals surface area contributed by atoms with Crippen molar-refractivity contribution in [1.82, 2.24) is 4.90 Å². The monoisotopic (exact) mass is 181 g/mol. The molecule has 0 aliphatic heterocycles. The average Bonchev–Trinajstić information content (AvgIpc) is 2.03. The fraction of sp³-hybridized carbons (Fsp3) is 0.833. The molecule has 0 saturated carbocycles. The number of hydrogen-bond donors (Lipinski definition) is 0. The summed E-state index contributed by atoms with van der Waals surface area (Å²) < 4.78 is 0. The van der Waals surface area contributed by atoms with Crippen molar-refractivity contribution in [1.29, 1.82) is 0 Å². The van der Waals surface area contributed by atoms with Crippen LogP contribution in [0.5, 0.6) is 0 Å². The Morgan fingerprint density at radius 1 is 1.31 bits per heavy atom. The molecule has 76 valence electrons. The van der Waals surface area contributed by atoms with E-state index in [4.69, 9.17) is 6.42 Å². The lowest BCUT2D eigenvalue weighted by atomic mass is 10.0. The lowest BCUT2D eigenvalue weighted by Gasteiger charge is -2.25. The van der Waals surface area contributed by atoms with Gasteiger partial charge in [0, 0.05) is 12.5 Å². The van der Waals surface area contributed by atoms with Crippen molar-refractivity contribution in [2.75, 3.05) is 13.6 Å². The number of rotatable bonds is 6. The number of unbranched alkanes of at least 4 members (excludes halogenated alkanes) is 1. The van der Waals surface area contributed by atoms with Gasteiger partial charge in [0.1, 0.15) is 0 Å². The van der Waals surface area contributed by atoms with Crippen molar-refractivity contribution in [2.45, 2.75) is 46.1 Å². The molecule has 0 aliphatic rings. The highest BCUT2D eigenvalue weighted by atomic mass is 15.1. The van der Waals surface area contributed by atoms with Gasteiger partial charge in [-0.2, -0.15) is 0 Å².